The molecule has 0 aliphatic heterocycles. The van der Waals surface area contributed by atoms with Crippen molar-refractivity contribution in [1.82, 2.24) is 9.47 Å². The maximum absolute atomic E-state index is 12.1. The van der Waals surface area contributed by atoms with E-state index in [1.165, 1.54) is 4.90 Å². The Bertz CT molecular complexity index is 475. The normalized spacial score (nSPS) is 9.35. The minimum absolute atomic E-state index is 0.110. The summed E-state index contributed by atoms with van der Waals surface area (Å²) in [6, 6.07) is 5.27. The molecule has 6 heteroatoms. The van der Waals surface area contributed by atoms with Gasteiger partial charge in [0.25, 0.3) is 5.91 Å². The molecule has 0 spiro atoms. The minimum Gasteiger partial charge on any atom is -0.397 e. The molecule has 0 radical (unpaired) electrons. The molecule has 1 rings (SSSR count). The van der Waals surface area contributed by atoms with Crippen molar-refractivity contribution in [2.75, 3.05) is 18.8 Å². The van der Waals surface area contributed by atoms with Gasteiger partial charge >= 0.3 is 0 Å². The number of rotatable bonds is 4. The predicted octanol–water partition coefficient (Wildman–Crippen LogP) is 0.580. The largest absolute Gasteiger partial charge is 0.397 e. The second-order valence-electron chi connectivity index (χ2n) is 3.42. The van der Waals surface area contributed by atoms with Crippen LogP contribution in [0, 0.1) is 22.7 Å². The maximum atomic E-state index is 12.1. The lowest BCUT2D eigenvalue weighted by Crippen LogP contribution is -2.33. The van der Waals surface area contributed by atoms with Crippen LogP contribution < -0.4 is 5.73 Å². The predicted molar refractivity (Wildman–Crippen MR) is 61.6 cm³/mol. The van der Waals surface area contributed by atoms with Gasteiger partial charge in [0.05, 0.1) is 17.8 Å². The van der Waals surface area contributed by atoms with Crippen molar-refractivity contribution >= 4 is 11.6 Å². The molecule has 0 fully saturated rings. The fourth-order valence-corrected chi connectivity index (χ4v) is 1.51. The first-order chi connectivity index (χ1) is 8.13. The Balaban J connectivity index is 3.01. The number of nitriles is 2. The molecule has 88 valence electrons. The molecule has 1 aromatic rings. The molecule has 0 bridgehead atoms. The summed E-state index contributed by atoms with van der Waals surface area (Å²) in [5.41, 5.74) is 6.51. The molecule has 1 aromatic heterocycles. The van der Waals surface area contributed by atoms with Crippen LogP contribution in [0.2, 0.25) is 0 Å². The molecule has 0 atom stereocenters. The van der Waals surface area contributed by atoms with Gasteiger partial charge in [-0.15, -0.1) is 0 Å². The summed E-state index contributed by atoms with van der Waals surface area (Å²) in [5, 5.41) is 17.2. The molecule has 6 nitrogen and oxygen atoms in total. The molecule has 0 saturated carbocycles. The van der Waals surface area contributed by atoms with Crippen LogP contribution >= 0.6 is 0 Å². The zero-order chi connectivity index (χ0) is 12.8. The van der Waals surface area contributed by atoms with Gasteiger partial charge in [-0.25, -0.2) is 0 Å². The smallest absolute Gasteiger partial charge is 0.272 e. The number of hydrogen-bond donors (Lipinski definition) is 1. The van der Waals surface area contributed by atoms with E-state index in [9.17, 15) is 4.79 Å². The number of nitrogen functional groups attached to an aromatic ring is 1. The van der Waals surface area contributed by atoms with Gasteiger partial charge in [0.2, 0.25) is 0 Å². The fourth-order valence-electron chi connectivity index (χ4n) is 1.51. The van der Waals surface area contributed by atoms with Gasteiger partial charge in [0, 0.05) is 12.7 Å². The second kappa shape index (κ2) is 5.57. The van der Waals surface area contributed by atoms with E-state index in [-0.39, 0.29) is 19.0 Å². The standard InChI is InChI=1S/C11H13N5O/c1-2-15-8-9(14)7-10(15)11(17)16(5-3-12)6-4-13/h7-8H,2,5-6,14H2,1H3. The molecule has 1 heterocycles. The topological polar surface area (TPSA) is 98.8 Å². The number of nitrogens with zero attached hydrogens (tertiary/aromatic N) is 4. The van der Waals surface area contributed by atoms with Gasteiger partial charge in [0.15, 0.2) is 0 Å². The number of aromatic nitrogens is 1. The monoisotopic (exact) mass is 231 g/mol. The average Bonchev–Trinajstić information content (AvgIpc) is 2.69. The summed E-state index contributed by atoms with van der Waals surface area (Å²) in [4.78, 5) is 13.2. The Labute approximate surface area is 99.5 Å². The van der Waals surface area contributed by atoms with Crippen LogP contribution in [0.4, 0.5) is 5.69 Å². The highest BCUT2D eigenvalue weighted by Crippen LogP contribution is 2.13. The zero-order valence-electron chi connectivity index (χ0n) is 9.55. The van der Waals surface area contributed by atoms with Crippen molar-refractivity contribution < 1.29 is 4.79 Å². The fraction of sp³-hybridized carbons (Fsp3) is 0.364. The van der Waals surface area contributed by atoms with Crippen LogP contribution in [0.25, 0.3) is 0 Å². The second-order valence-corrected chi connectivity index (χ2v) is 3.42. The van der Waals surface area contributed by atoms with Crippen LogP contribution in [-0.2, 0) is 6.54 Å². The van der Waals surface area contributed by atoms with Gasteiger partial charge in [-0.05, 0) is 13.0 Å². The molecular formula is C11H13N5O. The number of anilines is 1. The number of carbonyl (C=O) groups excluding carboxylic acids is 1. The number of amides is 1. The zero-order valence-corrected chi connectivity index (χ0v) is 9.55. The number of aryl methyl sites for hydroxylation is 1. The van der Waals surface area contributed by atoms with E-state index >= 15 is 0 Å². The molecule has 0 aliphatic carbocycles. The van der Waals surface area contributed by atoms with Gasteiger partial charge in [-0.3, -0.25) is 4.79 Å². The Morgan fingerprint density at radius 2 is 2.06 bits per heavy atom. The third-order valence-corrected chi connectivity index (χ3v) is 2.29. The van der Waals surface area contributed by atoms with Crippen molar-refractivity contribution in [3.05, 3.63) is 18.0 Å². The molecule has 0 aliphatic rings. The van der Waals surface area contributed by atoms with Crippen molar-refractivity contribution in [1.29, 1.82) is 10.5 Å². The van der Waals surface area contributed by atoms with Crippen molar-refractivity contribution in [2.24, 2.45) is 0 Å². The van der Waals surface area contributed by atoms with Crippen LogP contribution in [0.1, 0.15) is 17.4 Å². The summed E-state index contributed by atoms with van der Waals surface area (Å²) in [5.74, 6) is -0.355. The third kappa shape index (κ3) is 2.76. The Morgan fingerprint density at radius 1 is 1.47 bits per heavy atom. The molecule has 0 aromatic carbocycles. The quantitative estimate of drug-likeness (QED) is 0.766. The summed E-state index contributed by atoms with van der Waals surface area (Å²) in [6.45, 7) is 2.27. The highest BCUT2D eigenvalue weighted by Gasteiger charge is 2.19. The summed E-state index contributed by atoms with van der Waals surface area (Å²) >= 11 is 0. The highest BCUT2D eigenvalue weighted by atomic mass is 16.2. The average molecular weight is 231 g/mol. The summed E-state index contributed by atoms with van der Waals surface area (Å²) in [6.07, 6.45) is 1.66. The SMILES string of the molecule is CCn1cc(N)cc1C(=O)N(CC#N)CC#N. The van der Waals surface area contributed by atoms with E-state index in [2.05, 4.69) is 0 Å². The lowest BCUT2D eigenvalue weighted by Gasteiger charge is -2.16. The van der Waals surface area contributed by atoms with Crippen LogP contribution in [0.15, 0.2) is 12.3 Å². The lowest BCUT2D eigenvalue weighted by molar-refractivity contribution is 0.0784. The van der Waals surface area contributed by atoms with Gasteiger partial charge in [-0.2, -0.15) is 10.5 Å². The van der Waals surface area contributed by atoms with Crippen molar-refractivity contribution in [3.63, 3.8) is 0 Å². The van der Waals surface area contributed by atoms with E-state index in [0.29, 0.717) is 17.9 Å². The van der Waals surface area contributed by atoms with E-state index in [0.717, 1.165) is 0 Å². The molecular weight excluding hydrogens is 218 g/mol. The van der Waals surface area contributed by atoms with Gasteiger partial charge in [-0.1, -0.05) is 0 Å². The number of hydrogen-bond acceptors (Lipinski definition) is 4. The first-order valence-electron chi connectivity index (χ1n) is 5.12. The van der Waals surface area contributed by atoms with E-state index in [1.54, 1.807) is 16.8 Å². The van der Waals surface area contributed by atoms with Crippen LogP contribution in [-0.4, -0.2) is 28.5 Å². The van der Waals surface area contributed by atoms with E-state index < -0.39 is 0 Å². The molecule has 1 amide bonds. The molecule has 2 N–H and O–H groups in total. The number of carbonyl (C=O) groups is 1. The molecule has 17 heavy (non-hydrogen) atoms. The molecule has 0 unspecified atom stereocenters. The van der Waals surface area contributed by atoms with Gasteiger partial charge < -0.3 is 15.2 Å². The lowest BCUT2D eigenvalue weighted by atomic mass is 10.3. The minimum atomic E-state index is -0.355. The van der Waals surface area contributed by atoms with Crippen molar-refractivity contribution in [2.45, 2.75) is 13.5 Å². The van der Waals surface area contributed by atoms with Crippen LogP contribution in [0.3, 0.4) is 0 Å². The van der Waals surface area contributed by atoms with E-state index in [1.807, 2.05) is 19.1 Å². The third-order valence-electron chi connectivity index (χ3n) is 2.29. The summed E-state index contributed by atoms with van der Waals surface area (Å²) < 4.78 is 1.69. The first kappa shape index (κ1) is 12.6. The molecule has 0 saturated heterocycles. The number of nitrogens with two attached hydrogens (primary N) is 1. The van der Waals surface area contributed by atoms with E-state index in [4.69, 9.17) is 16.3 Å². The Kier molecular flexibility index (Phi) is 4.13. The Hall–Kier alpha value is -2.47. The van der Waals surface area contributed by atoms with Gasteiger partial charge in [0.1, 0.15) is 18.8 Å². The highest BCUT2D eigenvalue weighted by molar-refractivity contribution is 5.94. The summed E-state index contributed by atoms with van der Waals surface area (Å²) in [7, 11) is 0. The Morgan fingerprint density at radius 3 is 2.53 bits per heavy atom. The van der Waals surface area contributed by atoms with Crippen LogP contribution in [0.5, 0.6) is 0 Å². The first-order valence-corrected chi connectivity index (χ1v) is 5.12. The maximum Gasteiger partial charge on any atom is 0.272 e. The van der Waals surface area contributed by atoms with Crippen molar-refractivity contribution in [3.8, 4) is 12.1 Å².